The van der Waals surface area contributed by atoms with Crippen LogP contribution in [0.2, 0.25) is 0 Å². The summed E-state index contributed by atoms with van der Waals surface area (Å²) in [4.78, 5) is 33.6. The Labute approximate surface area is 261 Å². The Balaban J connectivity index is 1.08. The van der Waals surface area contributed by atoms with Gasteiger partial charge in [-0.05, 0) is 42.7 Å². The number of thiazole rings is 1. The maximum atomic E-state index is 12.7. The molecule has 0 bridgehead atoms. The van der Waals surface area contributed by atoms with E-state index in [4.69, 9.17) is 14.9 Å². The van der Waals surface area contributed by atoms with Gasteiger partial charge < -0.3 is 20.2 Å². The van der Waals surface area contributed by atoms with Gasteiger partial charge >= 0.3 is 0 Å². The topological polar surface area (TPSA) is 120 Å². The molecule has 2 aromatic carbocycles. The van der Waals surface area contributed by atoms with E-state index in [9.17, 15) is 9.59 Å². The van der Waals surface area contributed by atoms with Gasteiger partial charge in [0.2, 0.25) is 11.8 Å². The molecule has 10 heteroatoms. The summed E-state index contributed by atoms with van der Waals surface area (Å²) < 4.78 is 12.8. The third-order valence-corrected chi connectivity index (χ3v) is 8.81. The highest BCUT2D eigenvalue weighted by molar-refractivity contribution is 8.00. The van der Waals surface area contributed by atoms with Crippen molar-refractivity contribution in [3.63, 3.8) is 0 Å². The molecule has 4 rings (SSSR count). The van der Waals surface area contributed by atoms with E-state index < -0.39 is 0 Å². The molecule has 4 aromatic rings. The highest BCUT2D eigenvalue weighted by Gasteiger charge is 2.19. The Bertz CT molecular complexity index is 1470. The van der Waals surface area contributed by atoms with Crippen molar-refractivity contribution >= 4 is 46.2 Å². The third kappa shape index (κ3) is 10.9. The Morgan fingerprint density at radius 3 is 2.49 bits per heavy atom. The molecule has 0 radical (unpaired) electrons. The number of aromatic nitrogens is 2. The zero-order chi connectivity index (χ0) is 30.7. The smallest absolute Gasteiger partial charge is 0.224 e. The molecule has 0 spiro atoms. The predicted molar refractivity (Wildman–Crippen MR) is 174 cm³/mol. The van der Waals surface area contributed by atoms with E-state index in [1.807, 2.05) is 42.6 Å². The lowest BCUT2D eigenvalue weighted by atomic mass is 9.94. The quantitative estimate of drug-likeness (QED) is 0.0745. The molecule has 0 aliphatic rings. The van der Waals surface area contributed by atoms with Crippen molar-refractivity contribution in [2.45, 2.75) is 81.1 Å². The summed E-state index contributed by atoms with van der Waals surface area (Å²) in [6.45, 7) is 6.91. The van der Waals surface area contributed by atoms with E-state index in [0.717, 1.165) is 52.0 Å². The number of carbonyl (C=O) groups is 2. The van der Waals surface area contributed by atoms with Crippen LogP contribution >= 0.6 is 23.1 Å². The average molecular weight is 621 g/mol. The molecule has 0 saturated heterocycles. The number of amides is 1. The number of anilines is 2. The van der Waals surface area contributed by atoms with E-state index in [1.54, 1.807) is 41.4 Å². The van der Waals surface area contributed by atoms with Gasteiger partial charge in [-0.25, -0.2) is 9.97 Å². The van der Waals surface area contributed by atoms with Crippen LogP contribution in [0.4, 0.5) is 11.4 Å². The molecule has 0 atom stereocenters. The number of oxazole rings is 1. The van der Waals surface area contributed by atoms with Gasteiger partial charge in [-0.15, -0.1) is 23.1 Å². The number of ketones is 1. The molecule has 2 aromatic heterocycles. The summed E-state index contributed by atoms with van der Waals surface area (Å²) in [6.07, 6.45) is 8.45. The van der Waals surface area contributed by atoms with Crippen LogP contribution in [-0.4, -0.2) is 28.3 Å². The van der Waals surface area contributed by atoms with Crippen LogP contribution in [0.3, 0.4) is 0 Å². The SMILES string of the molecule is CC(C)(C)c1cnc(CSc2cnc(CC(=O)Cc3ccc(OCCCCCCC(=O)Nc4ccccc4N)cc3)s2)o1. The molecule has 0 fully saturated rings. The number of para-hydroxylation sites is 2. The van der Waals surface area contributed by atoms with Crippen molar-refractivity contribution < 1.29 is 18.7 Å². The number of nitrogens with one attached hydrogen (secondary N) is 1. The summed E-state index contributed by atoms with van der Waals surface area (Å²) >= 11 is 3.16. The van der Waals surface area contributed by atoms with E-state index in [2.05, 4.69) is 36.1 Å². The normalized spacial score (nSPS) is 11.4. The van der Waals surface area contributed by atoms with Gasteiger partial charge in [0.1, 0.15) is 22.3 Å². The number of unbranched alkanes of at least 4 members (excludes halogenated alkanes) is 3. The lowest BCUT2D eigenvalue weighted by Gasteiger charge is -2.12. The van der Waals surface area contributed by atoms with Gasteiger partial charge in [0.25, 0.3) is 0 Å². The zero-order valence-corrected chi connectivity index (χ0v) is 26.7. The van der Waals surface area contributed by atoms with Crippen molar-refractivity contribution in [3.05, 3.63) is 83.1 Å². The van der Waals surface area contributed by atoms with Crippen molar-refractivity contribution in [2.75, 3.05) is 17.7 Å². The maximum Gasteiger partial charge on any atom is 0.224 e. The maximum absolute atomic E-state index is 12.7. The fourth-order valence-corrected chi connectivity index (χ4v) is 6.12. The summed E-state index contributed by atoms with van der Waals surface area (Å²) in [5.74, 6) is 3.10. The van der Waals surface area contributed by atoms with Crippen molar-refractivity contribution in [2.24, 2.45) is 0 Å². The molecule has 0 unspecified atom stereocenters. The molecule has 228 valence electrons. The van der Waals surface area contributed by atoms with Crippen LogP contribution in [0.25, 0.3) is 0 Å². The number of carbonyl (C=O) groups excluding carboxylic acids is 2. The Hall–Kier alpha value is -3.63. The molecule has 8 nitrogen and oxygen atoms in total. The van der Waals surface area contributed by atoms with E-state index in [1.165, 1.54) is 0 Å². The zero-order valence-electron chi connectivity index (χ0n) is 25.1. The largest absolute Gasteiger partial charge is 0.494 e. The van der Waals surface area contributed by atoms with Gasteiger partial charge in [0, 0.05) is 18.3 Å². The van der Waals surface area contributed by atoms with Crippen LogP contribution < -0.4 is 15.8 Å². The number of hydrogen-bond donors (Lipinski definition) is 2. The first-order valence-electron chi connectivity index (χ1n) is 14.6. The fourth-order valence-electron chi connectivity index (χ4n) is 4.22. The number of nitrogens with zero attached hydrogens (tertiary/aromatic N) is 2. The lowest BCUT2D eigenvalue weighted by Crippen LogP contribution is -2.12. The summed E-state index contributed by atoms with van der Waals surface area (Å²) in [5, 5.41) is 3.68. The Morgan fingerprint density at radius 1 is 0.977 bits per heavy atom. The summed E-state index contributed by atoms with van der Waals surface area (Å²) in [7, 11) is 0. The number of thioether (sulfide) groups is 1. The monoisotopic (exact) mass is 620 g/mol. The van der Waals surface area contributed by atoms with E-state index in [-0.39, 0.29) is 17.1 Å². The van der Waals surface area contributed by atoms with Gasteiger partial charge in [0.05, 0.1) is 46.8 Å². The first-order valence-corrected chi connectivity index (χ1v) is 16.4. The van der Waals surface area contributed by atoms with Crippen molar-refractivity contribution in [1.29, 1.82) is 0 Å². The molecule has 3 N–H and O–H groups in total. The second-order valence-electron chi connectivity index (χ2n) is 11.4. The van der Waals surface area contributed by atoms with Gasteiger partial charge in [-0.3, -0.25) is 9.59 Å². The highest BCUT2D eigenvalue weighted by atomic mass is 32.2. The summed E-state index contributed by atoms with van der Waals surface area (Å²) in [5.41, 5.74) is 7.99. The number of ether oxygens (including phenoxy) is 1. The minimum Gasteiger partial charge on any atom is -0.494 e. The second kappa shape index (κ2) is 15.7. The van der Waals surface area contributed by atoms with Crippen LogP contribution in [0.5, 0.6) is 5.75 Å². The van der Waals surface area contributed by atoms with E-state index >= 15 is 0 Å². The third-order valence-electron chi connectivity index (χ3n) is 6.64. The van der Waals surface area contributed by atoms with Crippen LogP contribution in [0.15, 0.2) is 69.6 Å². The molecule has 0 aliphatic carbocycles. The Morgan fingerprint density at radius 2 is 1.74 bits per heavy atom. The average Bonchev–Trinajstić information content (AvgIpc) is 3.63. The fraction of sp³-hybridized carbons (Fsp3) is 0.394. The number of hydrogen-bond acceptors (Lipinski definition) is 9. The first-order chi connectivity index (χ1) is 20.7. The summed E-state index contributed by atoms with van der Waals surface area (Å²) in [6, 6.07) is 15.0. The molecule has 0 saturated carbocycles. The second-order valence-corrected chi connectivity index (χ2v) is 13.8. The van der Waals surface area contributed by atoms with Crippen LogP contribution in [0, 0.1) is 0 Å². The minimum absolute atomic E-state index is 0.0169. The van der Waals surface area contributed by atoms with Crippen LogP contribution in [-0.2, 0) is 33.6 Å². The van der Waals surface area contributed by atoms with Crippen LogP contribution in [0.1, 0.15) is 75.1 Å². The van der Waals surface area contributed by atoms with Crippen molar-refractivity contribution in [1.82, 2.24) is 9.97 Å². The standard InChI is InChI=1S/C33H40N4O4S2/c1-33(2,3)28-20-35-30(41-28)22-42-32-21-36-31(43-32)19-24(38)18-23-13-15-25(16-14-23)40-17-9-5-4-6-12-29(39)37-27-11-8-7-10-26(27)34/h7-8,10-11,13-16,20-21H,4-6,9,12,17-19,22,34H2,1-3H3,(H,37,39). The van der Waals surface area contributed by atoms with Gasteiger partial charge in [-0.1, -0.05) is 57.9 Å². The number of Topliss-reactive ketones (excluding diaryl/α,β-unsaturated/α-hetero) is 1. The minimum atomic E-state index is -0.0656. The van der Waals surface area contributed by atoms with Crippen molar-refractivity contribution in [3.8, 4) is 5.75 Å². The number of nitrogen functional groups attached to an aromatic ring is 1. The molecule has 1 amide bonds. The molecule has 2 heterocycles. The number of nitrogens with two attached hydrogens (primary N) is 1. The highest BCUT2D eigenvalue weighted by Crippen LogP contribution is 2.30. The van der Waals surface area contributed by atoms with Gasteiger partial charge in [-0.2, -0.15) is 0 Å². The molecule has 43 heavy (non-hydrogen) atoms. The first kappa shape index (κ1) is 32.3. The molecular weight excluding hydrogens is 581 g/mol. The predicted octanol–water partition coefficient (Wildman–Crippen LogP) is 7.63. The molecular formula is C33H40N4O4S2. The Kier molecular flexibility index (Phi) is 11.8. The molecule has 0 aliphatic heterocycles. The number of rotatable bonds is 16. The van der Waals surface area contributed by atoms with E-state index in [0.29, 0.717) is 48.9 Å². The number of benzene rings is 2. The van der Waals surface area contributed by atoms with Gasteiger partial charge in [0.15, 0.2) is 0 Å². The lowest BCUT2D eigenvalue weighted by molar-refractivity contribution is -0.118.